The summed E-state index contributed by atoms with van der Waals surface area (Å²) in [6, 6.07) is 19.9. The highest BCUT2D eigenvalue weighted by atomic mass is 35.5. The molecule has 5 heteroatoms. The van der Waals surface area contributed by atoms with Crippen molar-refractivity contribution in [2.75, 3.05) is 4.90 Å². The van der Waals surface area contributed by atoms with Crippen molar-refractivity contribution in [2.45, 2.75) is 13.5 Å². The molecule has 0 spiro atoms. The third-order valence-corrected chi connectivity index (χ3v) is 4.86. The number of carbonyl (C=O) groups excluding carboxylic acids is 1. The molecule has 3 aromatic carbocycles. The summed E-state index contributed by atoms with van der Waals surface area (Å²) in [4.78, 5) is 14.8. The van der Waals surface area contributed by atoms with Crippen LogP contribution in [0.3, 0.4) is 0 Å². The molecule has 0 saturated carbocycles. The SMILES string of the molecule is Cc1ccc(N(Cc2ccc(Cl)cc2Cl)C(=O)c2ccc(Cl)cc2)cc1. The van der Waals surface area contributed by atoms with E-state index in [0.29, 0.717) is 27.2 Å². The fourth-order valence-corrected chi connectivity index (χ4v) is 3.17. The summed E-state index contributed by atoms with van der Waals surface area (Å²) >= 11 is 18.2. The number of nitrogens with zero attached hydrogens (tertiary/aromatic N) is 1. The van der Waals surface area contributed by atoms with Gasteiger partial charge in [0.05, 0.1) is 6.54 Å². The Kier molecular flexibility index (Phi) is 5.87. The fraction of sp³-hybridized carbons (Fsp3) is 0.0952. The summed E-state index contributed by atoms with van der Waals surface area (Å²) in [5.41, 5.74) is 3.29. The Labute approximate surface area is 167 Å². The van der Waals surface area contributed by atoms with Gasteiger partial charge in [0, 0.05) is 26.3 Å². The molecular formula is C21H16Cl3NO. The molecule has 0 aliphatic carbocycles. The maximum absolute atomic E-state index is 13.1. The lowest BCUT2D eigenvalue weighted by atomic mass is 10.1. The van der Waals surface area contributed by atoms with E-state index in [1.54, 1.807) is 41.3 Å². The number of benzene rings is 3. The van der Waals surface area contributed by atoms with Crippen LogP contribution < -0.4 is 4.90 Å². The van der Waals surface area contributed by atoms with Gasteiger partial charge in [-0.15, -0.1) is 0 Å². The van der Waals surface area contributed by atoms with Gasteiger partial charge in [-0.1, -0.05) is 58.6 Å². The van der Waals surface area contributed by atoms with Crippen LogP contribution in [0.15, 0.2) is 66.7 Å². The van der Waals surface area contributed by atoms with E-state index >= 15 is 0 Å². The third kappa shape index (κ3) is 4.39. The van der Waals surface area contributed by atoms with E-state index in [4.69, 9.17) is 34.8 Å². The topological polar surface area (TPSA) is 20.3 Å². The van der Waals surface area contributed by atoms with E-state index in [2.05, 4.69) is 0 Å². The van der Waals surface area contributed by atoms with Gasteiger partial charge in [0.25, 0.3) is 5.91 Å². The van der Waals surface area contributed by atoms with Crippen LogP contribution in [0.5, 0.6) is 0 Å². The monoisotopic (exact) mass is 403 g/mol. The van der Waals surface area contributed by atoms with E-state index in [0.717, 1.165) is 16.8 Å². The number of aryl methyl sites for hydroxylation is 1. The van der Waals surface area contributed by atoms with Crippen molar-refractivity contribution >= 4 is 46.4 Å². The van der Waals surface area contributed by atoms with Crippen LogP contribution in [0.25, 0.3) is 0 Å². The van der Waals surface area contributed by atoms with Crippen LogP contribution in [0, 0.1) is 6.92 Å². The minimum Gasteiger partial charge on any atom is -0.304 e. The molecule has 0 unspecified atom stereocenters. The Morgan fingerprint density at radius 3 is 2.08 bits per heavy atom. The van der Waals surface area contributed by atoms with Crippen molar-refractivity contribution in [2.24, 2.45) is 0 Å². The van der Waals surface area contributed by atoms with Gasteiger partial charge in [0.2, 0.25) is 0 Å². The number of anilines is 1. The first-order chi connectivity index (χ1) is 12.4. The van der Waals surface area contributed by atoms with Crippen molar-refractivity contribution in [3.05, 3.63) is 98.5 Å². The highest BCUT2D eigenvalue weighted by Gasteiger charge is 2.19. The van der Waals surface area contributed by atoms with Gasteiger partial charge in [-0.05, 0) is 61.0 Å². The summed E-state index contributed by atoms with van der Waals surface area (Å²) in [6.07, 6.45) is 0. The quantitative estimate of drug-likeness (QED) is 0.468. The second-order valence-electron chi connectivity index (χ2n) is 5.97. The first-order valence-corrected chi connectivity index (χ1v) is 9.15. The Morgan fingerprint density at radius 1 is 0.846 bits per heavy atom. The van der Waals surface area contributed by atoms with Crippen LogP contribution in [-0.4, -0.2) is 5.91 Å². The van der Waals surface area contributed by atoms with E-state index in [1.807, 2.05) is 37.3 Å². The molecule has 0 saturated heterocycles. The summed E-state index contributed by atoms with van der Waals surface area (Å²) in [5, 5.41) is 1.67. The molecule has 0 N–H and O–H groups in total. The van der Waals surface area contributed by atoms with Gasteiger partial charge in [0.1, 0.15) is 0 Å². The molecule has 132 valence electrons. The predicted molar refractivity (Wildman–Crippen MR) is 110 cm³/mol. The van der Waals surface area contributed by atoms with Crippen LogP contribution in [-0.2, 0) is 6.54 Å². The second-order valence-corrected chi connectivity index (χ2v) is 7.25. The van der Waals surface area contributed by atoms with Gasteiger partial charge < -0.3 is 4.90 Å². The first-order valence-electron chi connectivity index (χ1n) is 8.02. The van der Waals surface area contributed by atoms with E-state index < -0.39 is 0 Å². The average molecular weight is 405 g/mol. The lowest BCUT2D eigenvalue weighted by Gasteiger charge is -2.24. The minimum atomic E-state index is -0.128. The molecular weight excluding hydrogens is 389 g/mol. The van der Waals surface area contributed by atoms with Crippen LogP contribution in [0.2, 0.25) is 15.1 Å². The van der Waals surface area contributed by atoms with Crippen molar-refractivity contribution in [1.29, 1.82) is 0 Å². The smallest absolute Gasteiger partial charge is 0.258 e. The van der Waals surface area contributed by atoms with E-state index in [-0.39, 0.29) is 5.91 Å². The van der Waals surface area contributed by atoms with Gasteiger partial charge in [0.15, 0.2) is 0 Å². The second kappa shape index (κ2) is 8.13. The van der Waals surface area contributed by atoms with E-state index in [9.17, 15) is 4.79 Å². The molecule has 0 aliphatic rings. The van der Waals surface area contributed by atoms with Gasteiger partial charge in [-0.25, -0.2) is 0 Å². The molecule has 2 nitrogen and oxygen atoms in total. The maximum atomic E-state index is 13.1. The predicted octanol–water partition coefficient (Wildman–Crippen LogP) is 6.80. The molecule has 0 radical (unpaired) electrons. The summed E-state index contributed by atoms with van der Waals surface area (Å²) < 4.78 is 0. The Bertz CT molecular complexity index is 921. The van der Waals surface area contributed by atoms with Gasteiger partial charge >= 0.3 is 0 Å². The molecule has 26 heavy (non-hydrogen) atoms. The van der Waals surface area contributed by atoms with Crippen LogP contribution in [0.1, 0.15) is 21.5 Å². The fourth-order valence-electron chi connectivity index (χ4n) is 2.57. The van der Waals surface area contributed by atoms with Gasteiger partial charge in [-0.3, -0.25) is 4.79 Å². The standard InChI is InChI=1S/C21H16Cl3NO/c1-14-2-10-19(11-3-14)25(13-16-6-9-18(23)12-20(16)24)21(26)15-4-7-17(22)8-5-15/h2-12H,13H2,1H3. The van der Waals surface area contributed by atoms with Crippen molar-refractivity contribution in [1.82, 2.24) is 0 Å². The number of carbonyl (C=O) groups is 1. The Morgan fingerprint density at radius 2 is 1.46 bits per heavy atom. The number of rotatable bonds is 4. The normalized spacial score (nSPS) is 10.6. The largest absolute Gasteiger partial charge is 0.304 e. The molecule has 0 bridgehead atoms. The maximum Gasteiger partial charge on any atom is 0.258 e. The molecule has 3 rings (SSSR count). The number of hydrogen-bond donors (Lipinski definition) is 0. The molecule has 0 fully saturated rings. The van der Waals surface area contributed by atoms with Crippen molar-refractivity contribution < 1.29 is 4.79 Å². The van der Waals surface area contributed by atoms with E-state index in [1.165, 1.54) is 0 Å². The summed E-state index contributed by atoms with van der Waals surface area (Å²) in [7, 11) is 0. The lowest BCUT2D eigenvalue weighted by molar-refractivity contribution is 0.0985. The highest BCUT2D eigenvalue weighted by Crippen LogP contribution is 2.26. The zero-order valence-electron chi connectivity index (χ0n) is 14.0. The van der Waals surface area contributed by atoms with Gasteiger partial charge in [-0.2, -0.15) is 0 Å². The molecule has 0 heterocycles. The van der Waals surface area contributed by atoms with Crippen molar-refractivity contribution in [3.8, 4) is 0 Å². The van der Waals surface area contributed by atoms with Crippen LogP contribution >= 0.6 is 34.8 Å². The number of hydrogen-bond acceptors (Lipinski definition) is 1. The summed E-state index contributed by atoms with van der Waals surface area (Å²) in [6.45, 7) is 2.34. The van der Waals surface area contributed by atoms with Crippen molar-refractivity contribution in [3.63, 3.8) is 0 Å². The number of amides is 1. The minimum absolute atomic E-state index is 0.128. The average Bonchev–Trinajstić information content (AvgIpc) is 2.62. The molecule has 0 aliphatic heterocycles. The Hall–Kier alpha value is -2.00. The summed E-state index contributed by atoms with van der Waals surface area (Å²) in [5.74, 6) is -0.128. The zero-order valence-corrected chi connectivity index (χ0v) is 16.3. The zero-order chi connectivity index (χ0) is 18.7. The molecule has 3 aromatic rings. The lowest BCUT2D eigenvalue weighted by Crippen LogP contribution is -2.30. The Balaban J connectivity index is 1.99. The van der Waals surface area contributed by atoms with Crippen LogP contribution in [0.4, 0.5) is 5.69 Å². The number of halogens is 3. The highest BCUT2D eigenvalue weighted by molar-refractivity contribution is 6.35. The first kappa shape index (κ1) is 18.8. The molecule has 1 amide bonds. The molecule has 0 aromatic heterocycles. The third-order valence-electron chi connectivity index (χ3n) is 4.03. The molecule has 0 atom stereocenters.